The molecule has 0 unspecified atom stereocenters. The van der Waals surface area contributed by atoms with Crippen LogP contribution in [-0.4, -0.2) is 36.0 Å². The molecule has 2 aromatic rings. The zero-order valence-electron chi connectivity index (χ0n) is 17.4. The molecule has 0 aliphatic heterocycles. The number of hydrogen-bond acceptors (Lipinski definition) is 7. The van der Waals surface area contributed by atoms with E-state index in [9.17, 15) is 19.5 Å². The van der Waals surface area contributed by atoms with Gasteiger partial charge in [0.05, 0.1) is 17.4 Å². The van der Waals surface area contributed by atoms with Crippen LogP contribution in [-0.2, 0) is 22.4 Å². The highest BCUT2D eigenvalue weighted by atomic mass is 32.2. The number of carboxylic acid groups (broad SMARTS) is 1. The lowest BCUT2D eigenvalue weighted by Crippen LogP contribution is -2.51. The largest absolute Gasteiger partial charge is 0.548 e. The summed E-state index contributed by atoms with van der Waals surface area (Å²) in [4.78, 5) is 36.3. The minimum absolute atomic E-state index is 0.272. The number of aryl methyl sites for hydroxylation is 2. The van der Waals surface area contributed by atoms with Crippen LogP contribution in [0.25, 0.3) is 11.0 Å². The fourth-order valence-corrected chi connectivity index (χ4v) is 4.25. The third kappa shape index (κ3) is 4.80. The van der Waals surface area contributed by atoms with Gasteiger partial charge in [0, 0.05) is 5.56 Å². The van der Waals surface area contributed by atoms with Gasteiger partial charge in [-0.2, -0.15) is 11.8 Å². The smallest absolute Gasteiger partial charge is 0.339 e. The van der Waals surface area contributed by atoms with Gasteiger partial charge in [-0.15, -0.1) is 0 Å². The van der Waals surface area contributed by atoms with Crippen molar-refractivity contribution in [3.05, 3.63) is 39.2 Å². The summed E-state index contributed by atoms with van der Waals surface area (Å²) >= 11 is 1.49. The molecule has 1 aromatic carbocycles. The van der Waals surface area contributed by atoms with E-state index in [1.807, 2.05) is 19.2 Å². The van der Waals surface area contributed by atoms with Crippen LogP contribution in [0.5, 0.6) is 5.75 Å². The first-order chi connectivity index (χ1) is 14.3. The fourth-order valence-electron chi connectivity index (χ4n) is 3.78. The van der Waals surface area contributed by atoms with Crippen molar-refractivity contribution in [2.45, 2.75) is 58.1 Å². The Bertz CT molecular complexity index is 1010. The Morgan fingerprint density at radius 3 is 2.63 bits per heavy atom. The number of hydrogen-bond donors (Lipinski definition) is 1. The zero-order valence-corrected chi connectivity index (χ0v) is 18.2. The van der Waals surface area contributed by atoms with Gasteiger partial charge in [-0.05, 0) is 81.2 Å². The Morgan fingerprint density at radius 1 is 1.27 bits per heavy atom. The van der Waals surface area contributed by atoms with E-state index in [0.29, 0.717) is 34.5 Å². The Hall–Kier alpha value is -2.48. The quantitative estimate of drug-likeness (QED) is 0.633. The fraction of sp³-hybridized carbons (Fsp3) is 0.500. The monoisotopic (exact) mass is 432 g/mol. The molecular weight excluding hydrogens is 406 g/mol. The Labute approximate surface area is 179 Å². The summed E-state index contributed by atoms with van der Waals surface area (Å²) in [5, 5.41) is 14.5. The van der Waals surface area contributed by atoms with E-state index in [2.05, 4.69) is 5.32 Å². The highest BCUT2D eigenvalue weighted by Gasteiger charge is 2.24. The Kier molecular flexibility index (Phi) is 7.07. The number of benzene rings is 1. The van der Waals surface area contributed by atoms with Crippen LogP contribution in [0.2, 0.25) is 0 Å². The number of aliphatic carboxylic acids is 1. The standard InChI is InChI=1S/C22H27NO6S/c1-12-10-17(28-13(2)20(24)23-16(21(25)26)8-9-30-3)19-14-6-4-5-7-15(14)22(27)29-18(19)11-12/h10-11,13,16H,4-9H2,1-3H3,(H,23,24)(H,25,26)/p-1/t13-,16+/m1/s1. The van der Waals surface area contributed by atoms with Gasteiger partial charge in [0.1, 0.15) is 11.3 Å². The second-order valence-corrected chi connectivity index (χ2v) is 8.60. The molecule has 1 heterocycles. The molecule has 0 saturated carbocycles. The van der Waals surface area contributed by atoms with Gasteiger partial charge in [0.15, 0.2) is 6.10 Å². The van der Waals surface area contributed by atoms with Crippen LogP contribution in [0.15, 0.2) is 21.3 Å². The average Bonchev–Trinajstić information content (AvgIpc) is 2.70. The van der Waals surface area contributed by atoms with Crippen molar-refractivity contribution < 1.29 is 23.8 Å². The summed E-state index contributed by atoms with van der Waals surface area (Å²) < 4.78 is 11.5. The zero-order chi connectivity index (χ0) is 21.8. The number of carbonyl (C=O) groups is 2. The third-order valence-electron chi connectivity index (χ3n) is 5.31. The molecular formula is C22H26NO6S-. The van der Waals surface area contributed by atoms with Crippen LogP contribution in [0.4, 0.5) is 0 Å². The van der Waals surface area contributed by atoms with Gasteiger partial charge >= 0.3 is 5.63 Å². The van der Waals surface area contributed by atoms with E-state index in [1.165, 1.54) is 11.8 Å². The number of fused-ring (bicyclic) bond motifs is 3. The maximum Gasteiger partial charge on any atom is 0.339 e. The number of amides is 1. The maximum absolute atomic E-state index is 12.6. The lowest BCUT2D eigenvalue weighted by atomic mass is 9.90. The van der Waals surface area contributed by atoms with Crippen LogP contribution in [0.3, 0.4) is 0 Å². The first-order valence-electron chi connectivity index (χ1n) is 10.1. The summed E-state index contributed by atoms with van der Waals surface area (Å²) in [5.41, 5.74) is 2.55. The number of ether oxygens (including phenoxy) is 1. The third-order valence-corrected chi connectivity index (χ3v) is 5.96. The molecule has 162 valence electrons. The van der Waals surface area contributed by atoms with Crippen LogP contribution >= 0.6 is 11.8 Å². The molecule has 3 rings (SSSR count). The van der Waals surface area contributed by atoms with Gasteiger partial charge in [0.25, 0.3) is 5.91 Å². The van der Waals surface area contributed by atoms with Crippen molar-refractivity contribution in [3.8, 4) is 5.75 Å². The Balaban J connectivity index is 1.90. The molecule has 7 nitrogen and oxygen atoms in total. The molecule has 0 fully saturated rings. The Morgan fingerprint density at radius 2 is 1.97 bits per heavy atom. The van der Waals surface area contributed by atoms with E-state index >= 15 is 0 Å². The van der Waals surface area contributed by atoms with E-state index in [0.717, 1.165) is 30.4 Å². The van der Waals surface area contributed by atoms with E-state index < -0.39 is 24.0 Å². The van der Waals surface area contributed by atoms with Crippen molar-refractivity contribution in [3.63, 3.8) is 0 Å². The first kappa shape index (κ1) is 22.2. The molecule has 1 aliphatic carbocycles. The molecule has 1 N–H and O–H groups in total. The van der Waals surface area contributed by atoms with Crippen molar-refractivity contribution in [2.24, 2.45) is 0 Å². The molecule has 8 heteroatoms. The normalized spacial score (nSPS) is 15.3. The highest BCUT2D eigenvalue weighted by molar-refractivity contribution is 7.98. The predicted molar refractivity (Wildman–Crippen MR) is 114 cm³/mol. The molecule has 0 radical (unpaired) electrons. The van der Waals surface area contributed by atoms with Crippen molar-refractivity contribution >= 4 is 34.6 Å². The van der Waals surface area contributed by atoms with E-state index in [1.54, 1.807) is 13.0 Å². The summed E-state index contributed by atoms with van der Waals surface area (Å²) in [6, 6.07) is 2.53. The van der Waals surface area contributed by atoms with Gasteiger partial charge in [-0.3, -0.25) is 4.79 Å². The lowest BCUT2D eigenvalue weighted by molar-refractivity contribution is -0.308. The second kappa shape index (κ2) is 9.55. The van der Waals surface area contributed by atoms with Gasteiger partial charge < -0.3 is 24.4 Å². The predicted octanol–water partition coefficient (Wildman–Crippen LogP) is 1.74. The van der Waals surface area contributed by atoms with Crippen molar-refractivity contribution in [1.29, 1.82) is 0 Å². The second-order valence-electron chi connectivity index (χ2n) is 7.61. The SMILES string of the molecule is CSCC[C@H](NC(=O)[C@@H](C)Oc1cc(C)cc2oc(=O)c3c(c12)CCCC3)C(=O)[O-]. The van der Waals surface area contributed by atoms with Gasteiger partial charge in [0.2, 0.25) is 0 Å². The minimum atomic E-state index is -1.32. The van der Waals surface area contributed by atoms with Gasteiger partial charge in [-0.25, -0.2) is 4.79 Å². The van der Waals surface area contributed by atoms with Crippen molar-refractivity contribution in [1.82, 2.24) is 5.32 Å². The topological polar surface area (TPSA) is 109 Å². The maximum atomic E-state index is 12.6. The number of rotatable bonds is 8. The molecule has 2 atom stereocenters. The minimum Gasteiger partial charge on any atom is -0.548 e. The number of nitrogens with one attached hydrogen (secondary N) is 1. The highest BCUT2D eigenvalue weighted by Crippen LogP contribution is 2.35. The summed E-state index contributed by atoms with van der Waals surface area (Å²) in [6.45, 7) is 3.42. The van der Waals surface area contributed by atoms with Crippen LogP contribution in [0, 0.1) is 6.92 Å². The van der Waals surface area contributed by atoms with Crippen molar-refractivity contribution in [2.75, 3.05) is 12.0 Å². The number of carbonyl (C=O) groups excluding carboxylic acids is 2. The molecule has 0 saturated heterocycles. The number of carboxylic acids is 1. The molecule has 1 amide bonds. The average molecular weight is 433 g/mol. The molecule has 30 heavy (non-hydrogen) atoms. The molecule has 1 aromatic heterocycles. The van der Waals surface area contributed by atoms with E-state index in [4.69, 9.17) is 9.15 Å². The van der Waals surface area contributed by atoms with Crippen LogP contribution in [0.1, 0.15) is 42.9 Å². The summed E-state index contributed by atoms with van der Waals surface area (Å²) in [6.07, 6.45) is 4.52. The number of thioether (sulfide) groups is 1. The van der Waals surface area contributed by atoms with Crippen LogP contribution < -0.4 is 20.8 Å². The molecule has 1 aliphatic rings. The van der Waals surface area contributed by atoms with Gasteiger partial charge in [-0.1, -0.05) is 0 Å². The lowest BCUT2D eigenvalue weighted by Gasteiger charge is -2.23. The summed E-state index contributed by atoms with van der Waals surface area (Å²) in [7, 11) is 0. The summed E-state index contributed by atoms with van der Waals surface area (Å²) in [5.74, 6) is -0.807. The first-order valence-corrected chi connectivity index (χ1v) is 11.5. The molecule has 0 spiro atoms. The van der Waals surface area contributed by atoms with E-state index in [-0.39, 0.29) is 12.0 Å². The molecule has 0 bridgehead atoms.